The van der Waals surface area contributed by atoms with Gasteiger partial charge in [0.2, 0.25) is 0 Å². The molecular weight excluding hydrogens is 607 g/mol. The van der Waals surface area contributed by atoms with Crippen LogP contribution < -0.4 is 15.4 Å². The third kappa shape index (κ3) is 7.57. The van der Waals surface area contributed by atoms with Gasteiger partial charge in [-0.25, -0.2) is 0 Å². The molecule has 0 spiro atoms. The molecule has 0 radical (unpaired) electrons. The van der Waals surface area contributed by atoms with Crippen LogP contribution in [0.4, 0.5) is 18.9 Å². The van der Waals surface area contributed by atoms with E-state index < -0.39 is 23.6 Å². The molecule has 234 valence electrons. The van der Waals surface area contributed by atoms with Crippen LogP contribution in [-0.4, -0.2) is 35.6 Å². The highest BCUT2D eigenvalue weighted by molar-refractivity contribution is 6.30. The predicted molar refractivity (Wildman–Crippen MR) is 167 cm³/mol. The number of hydrogen-bond acceptors (Lipinski definition) is 5. The summed E-state index contributed by atoms with van der Waals surface area (Å²) in [5.41, 5.74) is 4.97. The Morgan fingerprint density at radius 2 is 1.78 bits per heavy atom. The maximum Gasteiger partial charge on any atom is 0.416 e. The van der Waals surface area contributed by atoms with Gasteiger partial charge in [-0.2, -0.15) is 13.2 Å². The van der Waals surface area contributed by atoms with Gasteiger partial charge in [0.15, 0.2) is 0 Å². The summed E-state index contributed by atoms with van der Waals surface area (Å²) >= 11 is 6.14. The fourth-order valence-corrected chi connectivity index (χ4v) is 5.50. The fraction of sp³-hybridized carbons (Fsp3) is 0.265. The molecule has 11 heteroatoms. The van der Waals surface area contributed by atoms with E-state index in [1.165, 1.54) is 18.3 Å². The zero-order valence-electron chi connectivity index (χ0n) is 24.6. The molecule has 0 atom stereocenters. The van der Waals surface area contributed by atoms with Crippen molar-refractivity contribution in [3.63, 3.8) is 0 Å². The number of benzene rings is 3. The molecule has 1 aliphatic rings. The molecule has 0 saturated heterocycles. The molecule has 5 rings (SSSR count). The number of nitrogens with zero attached hydrogens (tertiary/aromatic N) is 1. The molecular formula is C34H31ClF3N3O4. The summed E-state index contributed by atoms with van der Waals surface area (Å²) < 4.78 is 47.8. The second-order valence-corrected chi connectivity index (χ2v) is 11.4. The molecule has 0 bridgehead atoms. The standard InChI is InChI=1S/C34H31ClF3N3O4/c1-19-13-23(35)6-8-25(19)26-9-7-24(16-31(26)45-2)40-18-29-27(20-3-4-20)14-22(34(36,37)38)15-28(29)21-5-10-30(41-17-21)33(44)39-12-11-32(42)43/h5-10,13-17,20,40H,3-4,11-12,18H2,1-2H3,(H,39,44)(H,42,43). The number of aryl methyl sites for hydroxylation is 1. The number of aliphatic carboxylic acids is 1. The number of amides is 1. The number of carboxylic acids is 1. The maximum atomic E-state index is 14.0. The van der Waals surface area contributed by atoms with Crippen LogP contribution in [0.15, 0.2) is 66.9 Å². The minimum Gasteiger partial charge on any atom is -0.496 e. The summed E-state index contributed by atoms with van der Waals surface area (Å²) in [6.45, 7) is 2.13. The van der Waals surface area contributed by atoms with Crippen molar-refractivity contribution in [2.75, 3.05) is 19.0 Å². The van der Waals surface area contributed by atoms with E-state index in [0.29, 0.717) is 33.0 Å². The molecule has 1 saturated carbocycles. The van der Waals surface area contributed by atoms with Crippen LogP contribution >= 0.6 is 11.6 Å². The average Bonchev–Trinajstić information content (AvgIpc) is 3.85. The number of alkyl halides is 3. The third-order valence-electron chi connectivity index (χ3n) is 7.71. The Kier molecular flexibility index (Phi) is 9.34. The first-order valence-electron chi connectivity index (χ1n) is 14.3. The van der Waals surface area contributed by atoms with E-state index in [4.69, 9.17) is 21.4 Å². The van der Waals surface area contributed by atoms with Crippen LogP contribution in [0.1, 0.15) is 57.9 Å². The van der Waals surface area contributed by atoms with Crippen molar-refractivity contribution in [3.8, 4) is 28.0 Å². The number of pyridine rings is 1. The zero-order valence-corrected chi connectivity index (χ0v) is 25.4. The normalized spacial score (nSPS) is 12.9. The van der Waals surface area contributed by atoms with Crippen molar-refractivity contribution >= 4 is 29.2 Å². The number of aromatic nitrogens is 1. The van der Waals surface area contributed by atoms with Crippen molar-refractivity contribution in [2.24, 2.45) is 0 Å². The highest BCUT2D eigenvalue weighted by Crippen LogP contribution is 2.47. The van der Waals surface area contributed by atoms with Crippen LogP contribution in [0, 0.1) is 6.92 Å². The van der Waals surface area contributed by atoms with Gasteiger partial charge in [-0.3, -0.25) is 14.6 Å². The quantitative estimate of drug-likeness (QED) is 0.154. The first-order valence-corrected chi connectivity index (χ1v) is 14.7. The van der Waals surface area contributed by atoms with Gasteiger partial charge in [0, 0.05) is 47.2 Å². The number of carbonyl (C=O) groups excluding carboxylic acids is 1. The first-order chi connectivity index (χ1) is 21.4. The van der Waals surface area contributed by atoms with E-state index in [-0.39, 0.29) is 31.1 Å². The van der Waals surface area contributed by atoms with Gasteiger partial charge in [0.1, 0.15) is 11.4 Å². The van der Waals surface area contributed by atoms with E-state index in [0.717, 1.165) is 41.3 Å². The number of hydrogen-bond donors (Lipinski definition) is 3. The number of halogens is 4. The molecule has 0 unspecified atom stereocenters. The summed E-state index contributed by atoms with van der Waals surface area (Å²) in [4.78, 5) is 27.3. The Labute approximate surface area is 263 Å². The number of methoxy groups -OCH3 is 1. The lowest BCUT2D eigenvalue weighted by Gasteiger charge is -2.20. The van der Waals surface area contributed by atoms with Crippen molar-refractivity contribution in [3.05, 3.63) is 99.8 Å². The molecule has 7 nitrogen and oxygen atoms in total. The number of carbonyl (C=O) groups is 2. The first kappa shape index (κ1) is 31.8. The Balaban J connectivity index is 1.47. The summed E-state index contributed by atoms with van der Waals surface area (Å²) in [5.74, 6) is -0.984. The molecule has 4 aromatic rings. The Hall–Kier alpha value is -4.57. The largest absolute Gasteiger partial charge is 0.496 e. The van der Waals surface area contributed by atoms with Crippen LogP contribution in [0.5, 0.6) is 5.75 Å². The topological polar surface area (TPSA) is 101 Å². The Morgan fingerprint density at radius 3 is 2.40 bits per heavy atom. The lowest BCUT2D eigenvalue weighted by atomic mass is 9.90. The number of nitrogens with one attached hydrogen (secondary N) is 2. The minimum atomic E-state index is -4.55. The third-order valence-corrected chi connectivity index (χ3v) is 7.95. The zero-order chi connectivity index (χ0) is 32.3. The molecule has 1 aromatic heterocycles. The number of anilines is 1. The van der Waals surface area contributed by atoms with Crippen LogP contribution in [0.25, 0.3) is 22.3 Å². The molecule has 3 aromatic carbocycles. The second-order valence-electron chi connectivity index (χ2n) is 10.9. The van der Waals surface area contributed by atoms with Gasteiger partial charge in [0.05, 0.1) is 19.1 Å². The van der Waals surface area contributed by atoms with Gasteiger partial charge in [-0.1, -0.05) is 23.7 Å². The van der Waals surface area contributed by atoms with Crippen molar-refractivity contribution in [1.29, 1.82) is 0 Å². The smallest absolute Gasteiger partial charge is 0.416 e. The molecule has 0 aliphatic heterocycles. The SMILES string of the molecule is COc1cc(NCc2c(-c3ccc(C(=O)NCCC(=O)O)nc3)cc(C(F)(F)F)cc2C2CC2)ccc1-c1ccc(Cl)cc1C. The molecule has 1 amide bonds. The van der Waals surface area contributed by atoms with Gasteiger partial charge in [-0.15, -0.1) is 0 Å². The summed E-state index contributed by atoms with van der Waals surface area (Å²) in [6, 6.07) is 16.6. The van der Waals surface area contributed by atoms with Gasteiger partial charge in [0.25, 0.3) is 5.91 Å². The number of ether oxygens (including phenoxy) is 1. The highest BCUT2D eigenvalue weighted by atomic mass is 35.5. The number of rotatable bonds is 11. The van der Waals surface area contributed by atoms with E-state index in [1.54, 1.807) is 13.2 Å². The Morgan fingerprint density at radius 1 is 1.02 bits per heavy atom. The Bertz CT molecular complexity index is 1740. The van der Waals surface area contributed by atoms with E-state index >= 15 is 0 Å². The van der Waals surface area contributed by atoms with Crippen LogP contribution in [0.2, 0.25) is 5.02 Å². The average molecular weight is 638 g/mol. The molecule has 1 heterocycles. The lowest BCUT2D eigenvalue weighted by Crippen LogP contribution is -2.26. The van der Waals surface area contributed by atoms with Crippen LogP contribution in [0.3, 0.4) is 0 Å². The number of carboxylic acid groups (broad SMARTS) is 1. The van der Waals surface area contributed by atoms with E-state index in [9.17, 15) is 22.8 Å². The van der Waals surface area contributed by atoms with Crippen molar-refractivity contribution in [2.45, 2.75) is 44.8 Å². The maximum absolute atomic E-state index is 14.0. The predicted octanol–water partition coefficient (Wildman–Crippen LogP) is 8.10. The summed E-state index contributed by atoms with van der Waals surface area (Å²) in [7, 11) is 1.58. The monoisotopic (exact) mass is 637 g/mol. The molecule has 1 fully saturated rings. The summed E-state index contributed by atoms with van der Waals surface area (Å²) in [5, 5.41) is 15.3. The minimum absolute atomic E-state index is 0.0138. The van der Waals surface area contributed by atoms with Crippen LogP contribution in [-0.2, 0) is 17.5 Å². The molecule has 3 N–H and O–H groups in total. The molecule has 1 aliphatic carbocycles. The van der Waals surface area contributed by atoms with Crippen molar-refractivity contribution in [1.82, 2.24) is 10.3 Å². The van der Waals surface area contributed by atoms with Gasteiger partial charge in [-0.05, 0) is 96.0 Å². The summed E-state index contributed by atoms with van der Waals surface area (Å²) in [6.07, 6.45) is -1.84. The highest BCUT2D eigenvalue weighted by Gasteiger charge is 2.35. The van der Waals surface area contributed by atoms with E-state index in [1.807, 2.05) is 43.3 Å². The lowest BCUT2D eigenvalue weighted by molar-refractivity contribution is -0.138. The van der Waals surface area contributed by atoms with Gasteiger partial charge < -0.3 is 20.5 Å². The van der Waals surface area contributed by atoms with Crippen molar-refractivity contribution < 1.29 is 32.6 Å². The second kappa shape index (κ2) is 13.2. The van der Waals surface area contributed by atoms with E-state index in [2.05, 4.69) is 15.6 Å². The van der Waals surface area contributed by atoms with Gasteiger partial charge >= 0.3 is 12.1 Å². The molecule has 45 heavy (non-hydrogen) atoms. The fourth-order valence-electron chi connectivity index (χ4n) is 5.28.